The van der Waals surface area contributed by atoms with Crippen LogP contribution in [-0.4, -0.2) is 19.2 Å². The van der Waals surface area contributed by atoms with Gasteiger partial charge in [-0.3, -0.25) is 4.79 Å². The number of halogens is 2. The number of amides is 1. The third-order valence-corrected chi connectivity index (χ3v) is 5.57. The lowest BCUT2D eigenvalue weighted by molar-refractivity contribution is 0.0955. The van der Waals surface area contributed by atoms with Gasteiger partial charge in [-0.1, -0.05) is 71.7 Å². The number of hydrogen-bond acceptors (Lipinski definition) is 4. The summed E-state index contributed by atoms with van der Waals surface area (Å²) in [6, 6.07) is 24.3. The molecule has 7 heteroatoms. The fourth-order valence-electron chi connectivity index (χ4n) is 3.41. The third-order valence-electron chi connectivity index (χ3n) is 5.03. The predicted molar refractivity (Wildman–Crippen MR) is 133 cm³/mol. The molecule has 0 atom stereocenters. The molecule has 4 aromatic carbocycles. The fraction of sp³-hybridized carbons (Fsp3) is 0.0769. The predicted octanol–water partition coefficient (Wildman–Crippen LogP) is 6.50. The Morgan fingerprint density at radius 1 is 1.00 bits per heavy atom. The van der Waals surface area contributed by atoms with Gasteiger partial charge in [-0.15, -0.1) is 0 Å². The molecule has 33 heavy (non-hydrogen) atoms. The van der Waals surface area contributed by atoms with E-state index in [0.717, 1.165) is 16.3 Å². The molecule has 0 aliphatic heterocycles. The summed E-state index contributed by atoms with van der Waals surface area (Å²) in [5.41, 5.74) is 4.45. The van der Waals surface area contributed by atoms with Gasteiger partial charge in [-0.2, -0.15) is 5.10 Å². The molecule has 4 rings (SSSR count). The summed E-state index contributed by atoms with van der Waals surface area (Å²) < 4.78 is 11.6. The van der Waals surface area contributed by atoms with Crippen LogP contribution in [0, 0.1) is 0 Å². The highest BCUT2D eigenvalue weighted by Gasteiger charge is 2.12. The molecule has 0 radical (unpaired) electrons. The van der Waals surface area contributed by atoms with E-state index in [4.69, 9.17) is 32.7 Å². The zero-order chi connectivity index (χ0) is 23.2. The number of carbonyl (C=O) groups is 1. The summed E-state index contributed by atoms with van der Waals surface area (Å²) in [5, 5.41) is 7.03. The Morgan fingerprint density at radius 3 is 2.61 bits per heavy atom. The topological polar surface area (TPSA) is 59.9 Å². The van der Waals surface area contributed by atoms with E-state index in [0.29, 0.717) is 28.7 Å². The molecule has 0 aromatic heterocycles. The van der Waals surface area contributed by atoms with Gasteiger partial charge in [0.1, 0.15) is 6.61 Å². The van der Waals surface area contributed by atoms with Crippen molar-refractivity contribution in [3.8, 4) is 11.5 Å². The van der Waals surface area contributed by atoms with Crippen molar-refractivity contribution in [1.82, 2.24) is 5.43 Å². The molecule has 1 N–H and O–H groups in total. The number of rotatable bonds is 7. The first-order chi connectivity index (χ1) is 16.1. The minimum absolute atomic E-state index is 0.246. The second-order valence-corrected chi connectivity index (χ2v) is 7.97. The van der Waals surface area contributed by atoms with Crippen LogP contribution in [0.2, 0.25) is 10.0 Å². The van der Waals surface area contributed by atoms with Crippen molar-refractivity contribution in [2.75, 3.05) is 7.11 Å². The standard InChI is InChI=1S/C26H20Cl2N2O3/c1-32-24-11-5-8-18(15-29-30-26(31)22-13-12-20(27)14-23(22)28)25(24)33-16-19-9-4-7-17-6-2-3-10-21(17)19/h2-15H,16H2,1H3,(H,30,31)/b29-15-. The van der Waals surface area contributed by atoms with Gasteiger partial charge in [0, 0.05) is 10.6 Å². The molecule has 4 aromatic rings. The van der Waals surface area contributed by atoms with Crippen molar-refractivity contribution in [2.45, 2.75) is 6.61 Å². The van der Waals surface area contributed by atoms with Crippen LogP contribution in [0.15, 0.2) is 84.0 Å². The number of carbonyl (C=O) groups excluding carboxylic acids is 1. The van der Waals surface area contributed by atoms with E-state index < -0.39 is 5.91 Å². The van der Waals surface area contributed by atoms with Crippen LogP contribution >= 0.6 is 23.2 Å². The van der Waals surface area contributed by atoms with Gasteiger partial charge in [-0.05, 0) is 46.7 Å². The Kier molecular flexibility index (Phi) is 7.13. The van der Waals surface area contributed by atoms with E-state index >= 15 is 0 Å². The zero-order valence-electron chi connectivity index (χ0n) is 17.7. The van der Waals surface area contributed by atoms with Gasteiger partial charge in [0.15, 0.2) is 11.5 Å². The van der Waals surface area contributed by atoms with Crippen LogP contribution in [0.25, 0.3) is 10.8 Å². The van der Waals surface area contributed by atoms with Gasteiger partial charge in [0.2, 0.25) is 0 Å². The van der Waals surface area contributed by atoms with E-state index in [1.807, 2.05) is 42.5 Å². The van der Waals surface area contributed by atoms with Gasteiger partial charge in [-0.25, -0.2) is 5.43 Å². The summed E-state index contributed by atoms with van der Waals surface area (Å²) in [7, 11) is 1.57. The summed E-state index contributed by atoms with van der Waals surface area (Å²) in [6.45, 7) is 0.343. The molecule has 0 heterocycles. The molecule has 0 fully saturated rings. The SMILES string of the molecule is COc1cccc(/C=N\NC(=O)c2ccc(Cl)cc2Cl)c1OCc1cccc2ccccc12. The van der Waals surface area contributed by atoms with Gasteiger partial charge in [0.25, 0.3) is 5.91 Å². The maximum atomic E-state index is 12.4. The van der Waals surface area contributed by atoms with E-state index in [2.05, 4.69) is 28.7 Å². The molecule has 0 aliphatic rings. The van der Waals surface area contributed by atoms with Crippen LogP contribution in [-0.2, 0) is 6.61 Å². The van der Waals surface area contributed by atoms with E-state index in [1.165, 1.54) is 12.3 Å². The second kappa shape index (κ2) is 10.4. The lowest BCUT2D eigenvalue weighted by atomic mass is 10.1. The molecule has 0 saturated heterocycles. The highest BCUT2D eigenvalue weighted by Crippen LogP contribution is 2.31. The molecule has 0 spiro atoms. The van der Waals surface area contributed by atoms with Crippen molar-refractivity contribution in [3.63, 3.8) is 0 Å². The normalized spacial score (nSPS) is 11.0. The number of para-hydroxylation sites is 1. The summed E-state index contributed by atoms with van der Waals surface area (Å²) in [6.07, 6.45) is 1.50. The molecule has 166 valence electrons. The Morgan fingerprint density at radius 2 is 1.79 bits per heavy atom. The zero-order valence-corrected chi connectivity index (χ0v) is 19.2. The molecule has 0 unspecified atom stereocenters. The Balaban J connectivity index is 1.54. The Hall–Kier alpha value is -3.54. The van der Waals surface area contributed by atoms with E-state index in [9.17, 15) is 4.79 Å². The van der Waals surface area contributed by atoms with Crippen LogP contribution in [0.1, 0.15) is 21.5 Å². The smallest absolute Gasteiger partial charge is 0.272 e. The lowest BCUT2D eigenvalue weighted by Gasteiger charge is -2.14. The summed E-state index contributed by atoms with van der Waals surface area (Å²) >= 11 is 12.0. The molecule has 1 amide bonds. The molecule has 0 aliphatic carbocycles. The lowest BCUT2D eigenvalue weighted by Crippen LogP contribution is -2.18. The van der Waals surface area contributed by atoms with E-state index in [1.54, 1.807) is 19.2 Å². The van der Waals surface area contributed by atoms with Crippen molar-refractivity contribution in [3.05, 3.63) is 106 Å². The minimum Gasteiger partial charge on any atom is -0.493 e. The second-order valence-electron chi connectivity index (χ2n) is 7.13. The van der Waals surface area contributed by atoms with Gasteiger partial charge < -0.3 is 9.47 Å². The van der Waals surface area contributed by atoms with Crippen LogP contribution in [0.4, 0.5) is 0 Å². The first-order valence-corrected chi connectivity index (χ1v) is 10.9. The summed E-state index contributed by atoms with van der Waals surface area (Å²) in [5.74, 6) is 0.635. The quantitative estimate of drug-likeness (QED) is 0.243. The minimum atomic E-state index is -0.450. The summed E-state index contributed by atoms with van der Waals surface area (Å²) in [4.78, 5) is 12.4. The van der Waals surface area contributed by atoms with Gasteiger partial charge >= 0.3 is 0 Å². The number of nitrogens with one attached hydrogen (secondary N) is 1. The first kappa shape index (κ1) is 22.6. The molecular weight excluding hydrogens is 459 g/mol. The molecule has 0 saturated carbocycles. The maximum absolute atomic E-state index is 12.4. The Labute approximate surface area is 201 Å². The van der Waals surface area contributed by atoms with Crippen LogP contribution in [0.3, 0.4) is 0 Å². The number of nitrogens with zero attached hydrogens (tertiary/aromatic N) is 1. The van der Waals surface area contributed by atoms with E-state index in [-0.39, 0.29) is 10.6 Å². The first-order valence-electron chi connectivity index (χ1n) is 10.1. The fourth-order valence-corrected chi connectivity index (χ4v) is 3.91. The average Bonchev–Trinajstić information content (AvgIpc) is 2.82. The number of hydrogen-bond donors (Lipinski definition) is 1. The molecule has 5 nitrogen and oxygen atoms in total. The Bertz CT molecular complexity index is 1330. The largest absolute Gasteiger partial charge is 0.493 e. The average molecular weight is 479 g/mol. The number of methoxy groups -OCH3 is 1. The monoisotopic (exact) mass is 478 g/mol. The number of ether oxygens (including phenoxy) is 2. The highest BCUT2D eigenvalue weighted by atomic mass is 35.5. The number of benzene rings is 4. The van der Waals surface area contributed by atoms with Crippen LogP contribution < -0.4 is 14.9 Å². The van der Waals surface area contributed by atoms with Crippen molar-refractivity contribution >= 4 is 46.1 Å². The molecular formula is C26H20Cl2N2O3. The third kappa shape index (κ3) is 5.28. The number of fused-ring (bicyclic) bond motifs is 1. The highest BCUT2D eigenvalue weighted by molar-refractivity contribution is 6.36. The van der Waals surface area contributed by atoms with Crippen molar-refractivity contribution < 1.29 is 14.3 Å². The van der Waals surface area contributed by atoms with Crippen molar-refractivity contribution in [1.29, 1.82) is 0 Å². The van der Waals surface area contributed by atoms with Gasteiger partial charge in [0.05, 0.1) is 23.9 Å². The van der Waals surface area contributed by atoms with Crippen LogP contribution in [0.5, 0.6) is 11.5 Å². The van der Waals surface area contributed by atoms with Crippen molar-refractivity contribution in [2.24, 2.45) is 5.10 Å². The maximum Gasteiger partial charge on any atom is 0.272 e. The molecule has 0 bridgehead atoms. The number of hydrazone groups is 1.